The Hall–Kier alpha value is -1.78. The Morgan fingerprint density at radius 3 is 2.52 bits per heavy atom. The molecule has 1 unspecified atom stereocenters. The van der Waals surface area contributed by atoms with Crippen molar-refractivity contribution in [2.45, 2.75) is 32.7 Å². The quantitative estimate of drug-likeness (QED) is 0.831. The molecular formula is C20H26ClN3O. The molecule has 25 heavy (non-hydrogen) atoms. The van der Waals surface area contributed by atoms with E-state index in [0.29, 0.717) is 11.1 Å². The van der Waals surface area contributed by atoms with Gasteiger partial charge < -0.3 is 14.4 Å². The summed E-state index contributed by atoms with van der Waals surface area (Å²) in [5, 5.41) is 0.713. The number of carbonyl (C=O) groups excluding carboxylic acids is 1. The molecule has 0 radical (unpaired) electrons. The van der Waals surface area contributed by atoms with E-state index in [1.807, 2.05) is 49.1 Å². The van der Waals surface area contributed by atoms with Crippen molar-refractivity contribution < 1.29 is 4.79 Å². The predicted octanol–water partition coefficient (Wildman–Crippen LogP) is 3.91. The van der Waals surface area contributed by atoms with Crippen LogP contribution in [0.1, 0.15) is 34.6 Å². The first kappa shape index (κ1) is 18.0. The predicted molar refractivity (Wildman–Crippen MR) is 103 cm³/mol. The molecule has 134 valence electrons. The Balaban J connectivity index is 1.89. The largest absolute Gasteiger partial charge is 0.337 e. The van der Waals surface area contributed by atoms with E-state index in [9.17, 15) is 4.79 Å². The van der Waals surface area contributed by atoms with Crippen LogP contribution >= 0.6 is 11.6 Å². The molecule has 1 aromatic carbocycles. The Labute approximate surface area is 155 Å². The maximum Gasteiger partial charge on any atom is 0.255 e. The molecule has 1 amide bonds. The van der Waals surface area contributed by atoms with Crippen LogP contribution in [0.25, 0.3) is 5.69 Å². The van der Waals surface area contributed by atoms with Crippen molar-refractivity contribution in [1.82, 2.24) is 14.4 Å². The monoisotopic (exact) mass is 359 g/mol. The fraction of sp³-hybridized carbons (Fsp3) is 0.450. The van der Waals surface area contributed by atoms with Crippen LogP contribution < -0.4 is 0 Å². The second kappa shape index (κ2) is 7.22. The molecule has 0 N–H and O–H groups in total. The molecule has 1 fully saturated rings. The van der Waals surface area contributed by atoms with Crippen LogP contribution in [-0.2, 0) is 0 Å². The number of hydrogen-bond acceptors (Lipinski definition) is 2. The molecule has 1 atom stereocenters. The molecule has 0 saturated carbocycles. The Morgan fingerprint density at radius 1 is 1.20 bits per heavy atom. The molecule has 4 nitrogen and oxygen atoms in total. The zero-order valence-corrected chi connectivity index (χ0v) is 16.2. The van der Waals surface area contributed by atoms with Gasteiger partial charge in [-0.3, -0.25) is 4.79 Å². The lowest BCUT2D eigenvalue weighted by Gasteiger charge is -2.36. The summed E-state index contributed by atoms with van der Waals surface area (Å²) >= 11 is 6.00. The van der Waals surface area contributed by atoms with E-state index in [1.54, 1.807) is 0 Å². The summed E-state index contributed by atoms with van der Waals surface area (Å²) in [5.74, 6) is 0.139. The summed E-state index contributed by atoms with van der Waals surface area (Å²) in [6, 6.07) is 10.2. The van der Waals surface area contributed by atoms with Crippen molar-refractivity contribution in [2.75, 3.05) is 27.2 Å². The number of hydrogen-bond donors (Lipinski definition) is 0. The topological polar surface area (TPSA) is 28.5 Å². The van der Waals surface area contributed by atoms with Crippen LogP contribution in [-0.4, -0.2) is 53.5 Å². The maximum absolute atomic E-state index is 13.1. The number of piperidine rings is 1. The van der Waals surface area contributed by atoms with Gasteiger partial charge in [0, 0.05) is 41.2 Å². The van der Waals surface area contributed by atoms with Crippen molar-refractivity contribution in [3.05, 3.63) is 52.3 Å². The summed E-state index contributed by atoms with van der Waals surface area (Å²) in [6.45, 7) is 5.70. The van der Waals surface area contributed by atoms with Crippen molar-refractivity contribution in [3.8, 4) is 5.69 Å². The van der Waals surface area contributed by atoms with Gasteiger partial charge in [-0.15, -0.1) is 0 Å². The lowest BCUT2D eigenvalue weighted by atomic mass is 10.0. The number of amides is 1. The molecular weight excluding hydrogens is 334 g/mol. The van der Waals surface area contributed by atoms with Crippen LogP contribution in [0.15, 0.2) is 30.3 Å². The SMILES string of the molecule is Cc1cc(C(=O)N2CCCC(N(C)C)C2)c(C)n1-c1ccc(Cl)cc1. The molecule has 0 aliphatic carbocycles. The van der Waals surface area contributed by atoms with Gasteiger partial charge >= 0.3 is 0 Å². The fourth-order valence-corrected chi connectivity index (χ4v) is 3.82. The van der Waals surface area contributed by atoms with Gasteiger partial charge in [0.05, 0.1) is 5.56 Å². The van der Waals surface area contributed by atoms with Gasteiger partial charge in [-0.05, 0) is 71.1 Å². The summed E-state index contributed by atoms with van der Waals surface area (Å²) in [4.78, 5) is 17.3. The molecule has 0 spiro atoms. The van der Waals surface area contributed by atoms with E-state index in [4.69, 9.17) is 11.6 Å². The number of benzene rings is 1. The van der Waals surface area contributed by atoms with Crippen LogP contribution in [0.3, 0.4) is 0 Å². The zero-order chi connectivity index (χ0) is 18.1. The highest BCUT2D eigenvalue weighted by Crippen LogP contribution is 2.24. The van der Waals surface area contributed by atoms with Gasteiger partial charge in [-0.2, -0.15) is 0 Å². The van der Waals surface area contributed by atoms with E-state index in [2.05, 4.69) is 23.6 Å². The van der Waals surface area contributed by atoms with Crippen molar-refractivity contribution in [3.63, 3.8) is 0 Å². The van der Waals surface area contributed by atoms with E-state index in [0.717, 1.165) is 48.6 Å². The number of aromatic nitrogens is 1. The van der Waals surface area contributed by atoms with E-state index in [-0.39, 0.29) is 5.91 Å². The summed E-state index contributed by atoms with van der Waals surface area (Å²) in [6.07, 6.45) is 2.21. The average Bonchev–Trinajstić information content (AvgIpc) is 2.90. The highest BCUT2D eigenvalue weighted by Gasteiger charge is 2.27. The van der Waals surface area contributed by atoms with Gasteiger partial charge in [0.15, 0.2) is 0 Å². The Kier molecular flexibility index (Phi) is 5.21. The smallest absolute Gasteiger partial charge is 0.255 e. The minimum absolute atomic E-state index is 0.139. The number of carbonyl (C=O) groups is 1. The van der Waals surface area contributed by atoms with E-state index < -0.39 is 0 Å². The molecule has 2 heterocycles. The normalized spacial score (nSPS) is 18.0. The Bertz CT molecular complexity index is 764. The van der Waals surface area contributed by atoms with Crippen LogP contribution in [0.2, 0.25) is 5.02 Å². The first-order valence-electron chi connectivity index (χ1n) is 8.79. The lowest BCUT2D eigenvalue weighted by Crippen LogP contribution is -2.47. The van der Waals surface area contributed by atoms with Crippen LogP contribution in [0.5, 0.6) is 0 Å². The summed E-state index contributed by atoms with van der Waals surface area (Å²) in [7, 11) is 4.18. The zero-order valence-electron chi connectivity index (χ0n) is 15.4. The van der Waals surface area contributed by atoms with Gasteiger partial charge in [0.25, 0.3) is 5.91 Å². The van der Waals surface area contributed by atoms with Gasteiger partial charge in [0.2, 0.25) is 0 Å². The first-order valence-corrected chi connectivity index (χ1v) is 9.17. The number of rotatable bonds is 3. The average molecular weight is 360 g/mol. The number of likely N-dealkylation sites (N-methyl/N-ethyl adjacent to an activating group) is 1. The number of aryl methyl sites for hydroxylation is 1. The van der Waals surface area contributed by atoms with Gasteiger partial charge in [0.1, 0.15) is 0 Å². The Morgan fingerprint density at radius 2 is 1.88 bits per heavy atom. The number of likely N-dealkylation sites (tertiary alicyclic amines) is 1. The first-order chi connectivity index (χ1) is 11.9. The molecule has 2 aromatic rings. The third kappa shape index (κ3) is 3.60. The standard InChI is InChI=1S/C20H26ClN3O/c1-14-12-19(15(2)24(14)17-9-7-16(21)8-10-17)20(25)23-11-5-6-18(13-23)22(3)4/h7-10,12,18H,5-6,11,13H2,1-4H3. The number of nitrogens with zero attached hydrogens (tertiary/aromatic N) is 3. The minimum Gasteiger partial charge on any atom is -0.337 e. The third-order valence-electron chi connectivity index (χ3n) is 5.16. The summed E-state index contributed by atoms with van der Waals surface area (Å²) in [5.41, 5.74) is 3.87. The summed E-state index contributed by atoms with van der Waals surface area (Å²) < 4.78 is 2.12. The lowest BCUT2D eigenvalue weighted by molar-refractivity contribution is 0.0634. The molecule has 3 rings (SSSR count). The molecule has 5 heteroatoms. The van der Waals surface area contributed by atoms with E-state index in [1.165, 1.54) is 0 Å². The molecule has 1 aliphatic heterocycles. The van der Waals surface area contributed by atoms with Gasteiger partial charge in [-0.25, -0.2) is 0 Å². The highest BCUT2D eigenvalue weighted by atomic mass is 35.5. The van der Waals surface area contributed by atoms with Crippen LogP contribution in [0, 0.1) is 13.8 Å². The highest BCUT2D eigenvalue weighted by molar-refractivity contribution is 6.30. The molecule has 1 aliphatic rings. The molecule has 0 bridgehead atoms. The molecule has 1 aromatic heterocycles. The molecule has 1 saturated heterocycles. The van der Waals surface area contributed by atoms with Crippen molar-refractivity contribution in [1.29, 1.82) is 0 Å². The minimum atomic E-state index is 0.139. The van der Waals surface area contributed by atoms with E-state index >= 15 is 0 Å². The van der Waals surface area contributed by atoms with Crippen molar-refractivity contribution >= 4 is 17.5 Å². The van der Waals surface area contributed by atoms with Crippen LogP contribution in [0.4, 0.5) is 0 Å². The van der Waals surface area contributed by atoms with Gasteiger partial charge in [-0.1, -0.05) is 11.6 Å². The number of halogens is 1. The van der Waals surface area contributed by atoms with Crippen molar-refractivity contribution in [2.24, 2.45) is 0 Å². The second-order valence-corrected chi connectivity index (χ2v) is 7.54. The maximum atomic E-state index is 13.1. The fourth-order valence-electron chi connectivity index (χ4n) is 3.70. The second-order valence-electron chi connectivity index (χ2n) is 7.11. The third-order valence-corrected chi connectivity index (χ3v) is 5.41.